The maximum atomic E-state index is 13.0. The van der Waals surface area contributed by atoms with Crippen LogP contribution >= 0.6 is 12.4 Å². The molecule has 2 N–H and O–H groups in total. The van der Waals surface area contributed by atoms with Crippen molar-refractivity contribution in [1.29, 1.82) is 0 Å². The highest BCUT2D eigenvalue weighted by Crippen LogP contribution is 2.39. The minimum Gasteiger partial charge on any atom is -0.507 e. The summed E-state index contributed by atoms with van der Waals surface area (Å²) in [4.78, 5) is 27.9. The fourth-order valence-electron chi connectivity index (χ4n) is 3.96. The first-order chi connectivity index (χ1) is 12.6. The highest BCUT2D eigenvalue weighted by molar-refractivity contribution is 5.97. The molecule has 7 heteroatoms. The fourth-order valence-corrected chi connectivity index (χ4v) is 3.96. The van der Waals surface area contributed by atoms with Crippen LogP contribution in [0.4, 0.5) is 0 Å². The highest BCUT2D eigenvalue weighted by Gasteiger charge is 2.33. The Morgan fingerprint density at radius 1 is 1.22 bits per heavy atom. The van der Waals surface area contributed by atoms with Crippen LogP contribution in [0.3, 0.4) is 0 Å². The Hall–Kier alpha value is -1.53. The van der Waals surface area contributed by atoms with E-state index in [1.807, 2.05) is 0 Å². The van der Waals surface area contributed by atoms with Crippen LogP contribution in [0, 0.1) is 0 Å². The van der Waals surface area contributed by atoms with Gasteiger partial charge in [0.15, 0.2) is 0 Å². The fraction of sp³-hybridized carbons (Fsp3) is 0.700. The van der Waals surface area contributed by atoms with Crippen molar-refractivity contribution in [3.63, 3.8) is 0 Å². The molecule has 3 rings (SSSR count). The Kier molecular flexibility index (Phi) is 7.74. The van der Waals surface area contributed by atoms with Crippen molar-refractivity contribution in [3.8, 4) is 5.75 Å². The molecule has 0 radical (unpaired) electrons. The summed E-state index contributed by atoms with van der Waals surface area (Å²) in [5.74, 6) is -0.516. The van der Waals surface area contributed by atoms with Gasteiger partial charge in [-0.1, -0.05) is 13.8 Å². The molecule has 6 nitrogen and oxygen atoms in total. The number of halogens is 1. The summed E-state index contributed by atoms with van der Waals surface area (Å²) in [6.45, 7) is 7.63. The lowest BCUT2D eigenvalue weighted by atomic mass is 9.93. The molecule has 1 heterocycles. The second-order valence-corrected chi connectivity index (χ2v) is 7.40. The van der Waals surface area contributed by atoms with Gasteiger partial charge in [-0.3, -0.25) is 9.59 Å². The zero-order chi connectivity index (χ0) is 18.7. The monoisotopic (exact) mass is 397 g/mol. The number of carbonyl (C=O) groups excluding carboxylic acids is 1. The van der Waals surface area contributed by atoms with E-state index in [1.165, 1.54) is 0 Å². The van der Waals surface area contributed by atoms with Gasteiger partial charge < -0.3 is 19.9 Å². The molecule has 0 unspecified atom stereocenters. The van der Waals surface area contributed by atoms with Crippen molar-refractivity contribution in [1.82, 2.24) is 14.8 Å². The first-order valence-corrected chi connectivity index (χ1v) is 10.1. The summed E-state index contributed by atoms with van der Waals surface area (Å²) in [5, 5.41) is 13.5. The van der Waals surface area contributed by atoms with Gasteiger partial charge in [-0.15, -0.1) is 12.4 Å². The minimum atomic E-state index is -0.435. The van der Waals surface area contributed by atoms with Gasteiger partial charge in [-0.05, 0) is 64.6 Å². The summed E-state index contributed by atoms with van der Waals surface area (Å²) in [6, 6.07) is 0.212. The summed E-state index contributed by atoms with van der Waals surface area (Å²) in [7, 11) is 0. The Bertz CT molecular complexity index is 724. The molecule has 0 aliphatic heterocycles. The third-order valence-electron chi connectivity index (χ3n) is 5.66. The molecule has 0 bridgehead atoms. The van der Waals surface area contributed by atoms with Crippen molar-refractivity contribution in [2.45, 2.75) is 64.8 Å². The molecule has 0 atom stereocenters. The quantitative estimate of drug-likeness (QED) is 0.661. The van der Waals surface area contributed by atoms with Gasteiger partial charge in [0.1, 0.15) is 11.3 Å². The largest absolute Gasteiger partial charge is 0.507 e. The number of aromatic nitrogens is 1. The number of hydrogen-bond acceptors (Lipinski definition) is 4. The van der Waals surface area contributed by atoms with Crippen LogP contribution in [-0.4, -0.2) is 46.7 Å². The minimum absolute atomic E-state index is 0. The van der Waals surface area contributed by atoms with Crippen molar-refractivity contribution >= 4 is 18.3 Å². The normalized spacial score (nSPS) is 16.0. The van der Waals surface area contributed by atoms with Crippen molar-refractivity contribution < 1.29 is 9.90 Å². The van der Waals surface area contributed by atoms with Gasteiger partial charge in [0.25, 0.3) is 11.5 Å². The molecule has 2 aliphatic carbocycles. The summed E-state index contributed by atoms with van der Waals surface area (Å²) >= 11 is 0. The van der Waals surface area contributed by atoms with E-state index in [0.717, 1.165) is 75.8 Å². The molecule has 1 saturated carbocycles. The molecule has 27 heavy (non-hydrogen) atoms. The lowest BCUT2D eigenvalue weighted by Gasteiger charge is -2.23. The van der Waals surface area contributed by atoms with E-state index >= 15 is 0 Å². The average Bonchev–Trinajstić information content (AvgIpc) is 3.47. The van der Waals surface area contributed by atoms with E-state index in [-0.39, 0.29) is 35.3 Å². The second kappa shape index (κ2) is 9.60. The van der Waals surface area contributed by atoms with Crippen LogP contribution in [0.25, 0.3) is 0 Å². The smallest absolute Gasteiger partial charge is 0.267 e. The lowest BCUT2D eigenvalue weighted by Crippen LogP contribution is -2.37. The van der Waals surface area contributed by atoms with E-state index in [9.17, 15) is 14.7 Å². The number of rotatable bonds is 8. The predicted octanol–water partition coefficient (Wildman–Crippen LogP) is 2.65. The first-order valence-electron chi connectivity index (χ1n) is 10.1. The number of aromatic hydroxyl groups is 1. The summed E-state index contributed by atoms with van der Waals surface area (Å²) < 4.78 is 1.80. The molecular weight excluding hydrogens is 366 g/mol. The van der Waals surface area contributed by atoms with E-state index in [0.29, 0.717) is 6.54 Å². The molecule has 2 aliphatic rings. The first kappa shape index (κ1) is 21.8. The Labute approximate surface area is 167 Å². The van der Waals surface area contributed by atoms with Gasteiger partial charge in [-0.2, -0.15) is 0 Å². The third kappa shape index (κ3) is 4.66. The van der Waals surface area contributed by atoms with Gasteiger partial charge in [0.2, 0.25) is 0 Å². The molecule has 0 spiro atoms. The number of carbonyl (C=O) groups is 1. The Morgan fingerprint density at radius 3 is 2.52 bits per heavy atom. The standard InChI is InChI=1S/C20H31N3O3.ClH/c1-3-22(4-2)13-7-12-21-19(25)17-18(24)15-8-5-6-9-16(15)23(20(17)26)14-10-11-14;/h14,24H,3-13H2,1-2H3,(H,21,25);1H. The number of amides is 1. The molecule has 1 fully saturated rings. The number of hydrogen-bond donors (Lipinski definition) is 2. The SMILES string of the molecule is CCN(CC)CCCNC(=O)c1c(O)c2c(n(C3CC3)c1=O)CCCC2.Cl. The molecule has 1 aromatic rings. The molecule has 152 valence electrons. The van der Waals surface area contributed by atoms with Crippen LogP contribution in [0.5, 0.6) is 5.75 Å². The molecular formula is C20H32ClN3O3. The zero-order valence-corrected chi connectivity index (χ0v) is 17.2. The third-order valence-corrected chi connectivity index (χ3v) is 5.66. The maximum absolute atomic E-state index is 13.0. The topological polar surface area (TPSA) is 74.6 Å². The number of pyridine rings is 1. The van der Waals surface area contributed by atoms with E-state index in [2.05, 4.69) is 24.1 Å². The van der Waals surface area contributed by atoms with Crippen LogP contribution < -0.4 is 10.9 Å². The Morgan fingerprint density at radius 2 is 1.89 bits per heavy atom. The van der Waals surface area contributed by atoms with Crippen molar-refractivity contribution in [2.24, 2.45) is 0 Å². The van der Waals surface area contributed by atoms with E-state index in [4.69, 9.17) is 0 Å². The van der Waals surface area contributed by atoms with E-state index in [1.54, 1.807) is 4.57 Å². The predicted molar refractivity (Wildman–Crippen MR) is 109 cm³/mol. The van der Waals surface area contributed by atoms with Gasteiger partial charge in [0, 0.05) is 23.8 Å². The number of nitrogens with zero attached hydrogens (tertiary/aromatic N) is 2. The summed E-state index contributed by atoms with van der Waals surface area (Å²) in [6.07, 6.45) is 6.40. The van der Waals surface area contributed by atoms with Gasteiger partial charge in [0.05, 0.1) is 0 Å². The molecule has 1 amide bonds. The van der Waals surface area contributed by atoms with Crippen molar-refractivity contribution in [2.75, 3.05) is 26.2 Å². The van der Waals surface area contributed by atoms with Gasteiger partial charge in [-0.25, -0.2) is 0 Å². The number of nitrogens with one attached hydrogen (secondary N) is 1. The van der Waals surface area contributed by atoms with Gasteiger partial charge >= 0.3 is 0 Å². The number of fused-ring (bicyclic) bond motifs is 1. The van der Waals surface area contributed by atoms with E-state index < -0.39 is 5.91 Å². The second-order valence-electron chi connectivity index (χ2n) is 7.40. The molecule has 0 saturated heterocycles. The van der Waals surface area contributed by atoms with Crippen LogP contribution in [0.2, 0.25) is 0 Å². The summed E-state index contributed by atoms with van der Waals surface area (Å²) in [5.41, 5.74) is 1.41. The molecule has 1 aromatic heterocycles. The maximum Gasteiger partial charge on any atom is 0.267 e. The van der Waals surface area contributed by atoms with Crippen LogP contribution in [0.1, 0.15) is 73.6 Å². The van der Waals surface area contributed by atoms with Crippen LogP contribution in [0.15, 0.2) is 4.79 Å². The average molecular weight is 398 g/mol. The Balaban J connectivity index is 0.00000261. The van der Waals surface area contributed by atoms with Crippen LogP contribution in [-0.2, 0) is 12.8 Å². The zero-order valence-electron chi connectivity index (χ0n) is 16.4. The lowest BCUT2D eigenvalue weighted by molar-refractivity contribution is 0.0946. The molecule has 0 aromatic carbocycles. The highest BCUT2D eigenvalue weighted by atomic mass is 35.5. The van der Waals surface area contributed by atoms with Crippen molar-refractivity contribution in [3.05, 3.63) is 27.2 Å².